The molecule has 1 aromatic carbocycles. The van der Waals surface area contributed by atoms with E-state index in [0.29, 0.717) is 31.2 Å². The van der Waals surface area contributed by atoms with Gasteiger partial charge < -0.3 is 14.8 Å². The summed E-state index contributed by atoms with van der Waals surface area (Å²) in [4.78, 5) is 16.2. The molecule has 0 spiro atoms. The van der Waals surface area contributed by atoms with Gasteiger partial charge in [0.2, 0.25) is 5.75 Å². The van der Waals surface area contributed by atoms with Gasteiger partial charge >= 0.3 is 5.69 Å². The molecular formula is C22H36N4O4. The first-order valence-electron chi connectivity index (χ1n) is 11.4. The van der Waals surface area contributed by atoms with Crippen molar-refractivity contribution >= 4 is 11.4 Å². The molecule has 2 aliphatic rings. The molecule has 2 fully saturated rings. The van der Waals surface area contributed by atoms with Crippen LogP contribution in [0.4, 0.5) is 11.4 Å². The maximum Gasteiger partial charge on any atom is 0.334 e. The normalized spacial score (nSPS) is 17.4. The number of nitrogens with zero attached hydrogens (tertiary/aromatic N) is 3. The van der Waals surface area contributed by atoms with Gasteiger partial charge in [-0.25, -0.2) is 0 Å². The molecule has 1 aromatic rings. The van der Waals surface area contributed by atoms with Crippen LogP contribution in [0.5, 0.6) is 11.5 Å². The standard InChI is InChI=1S/C22H36N4O4/c1-2-3-8-23-20-17-19(29-15-13-24-9-4-5-10-24)18-21(22(20)26(27)28)30-16-14-25-11-6-7-12-25/h17-18,23H,2-16H2,1H3. The minimum atomic E-state index is -0.354. The van der Waals surface area contributed by atoms with E-state index in [9.17, 15) is 10.1 Å². The van der Waals surface area contributed by atoms with Gasteiger partial charge in [-0.1, -0.05) is 13.3 Å². The van der Waals surface area contributed by atoms with Gasteiger partial charge in [0.1, 0.15) is 24.7 Å². The summed E-state index contributed by atoms with van der Waals surface area (Å²) in [5, 5.41) is 15.0. The molecule has 0 amide bonds. The fourth-order valence-corrected chi connectivity index (χ4v) is 4.09. The summed E-state index contributed by atoms with van der Waals surface area (Å²) in [5.41, 5.74) is 0.475. The van der Waals surface area contributed by atoms with E-state index < -0.39 is 0 Å². The van der Waals surface area contributed by atoms with Crippen molar-refractivity contribution in [1.82, 2.24) is 9.80 Å². The Kier molecular flexibility index (Phi) is 9.01. The van der Waals surface area contributed by atoms with E-state index in [1.807, 2.05) is 0 Å². The zero-order valence-corrected chi connectivity index (χ0v) is 18.2. The van der Waals surface area contributed by atoms with Crippen LogP contribution in [0.25, 0.3) is 0 Å². The van der Waals surface area contributed by atoms with Gasteiger partial charge in [-0.2, -0.15) is 0 Å². The van der Waals surface area contributed by atoms with Gasteiger partial charge in [0.05, 0.1) is 4.92 Å². The van der Waals surface area contributed by atoms with Crippen LogP contribution in [0.3, 0.4) is 0 Å². The highest BCUT2D eigenvalue weighted by molar-refractivity contribution is 5.71. The third-order valence-electron chi connectivity index (χ3n) is 5.82. The van der Waals surface area contributed by atoms with E-state index in [1.165, 1.54) is 25.7 Å². The van der Waals surface area contributed by atoms with Crippen LogP contribution in [0.15, 0.2) is 12.1 Å². The highest BCUT2D eigenvalue weighted by Gasteiger charge is 2.24. The van der Waals surface area contributed by atoms with Crippen molar-refractivity contribution < 1.29 is 14.4 Å². The first kappa shape index (κ1) is 22.6. The van der Waals surface area contributed by atoms with Crippen molar-refractivity contribution in [2.75, 3.05) is 64.3 Å². The average Bonchev–Trinajstić information content (AvgIpc) is 3.42. The predicted molar refractivity (Wildman–Crippen MR) is 119 cm³/mol. The van der Waals surface area contributed by atoms with Crippen LogP contribution in [0, 0.1) is 10.1 Å². The molecule has 2 saturated heterocycles. The van der Waals surface area contributed by atoms with Gasteiger partial charge in [0.25, 0.3) is 0 Å². The molecule has 3 rings (SSSR count). The van der Waals surface area contributed by atoms with Crippen molar-refractivity contribution in [3.8, 4) is 11.5 Å². The summed E-state index contributed by atoms with van der Waals surface area (Å²) in [5.74, 6) is 0.909. The Hall–Kier alpha value is -2.06. The monoisotopic (exact) mass is 420 g/mol. The average molecular weight is 421 g/mol. The zero-order valence-electron chi connectivity index (χ0n) is 18.2. The largest absolute Gasteiger partial charge is 0.492 e. The zero-order chi connectivity index (χ0) is 21.2. The quantitative estimate of drug-likeness (QED) is 0.296. The summed E-state index contributed by atoms with van der Waals surface area (Å²) < 4.78 is 11.9. The van der Waals surface area contributed by atoms with Gasteiger partial charge in [0, 0.05) is 31.8 Å². The number of nitro groups is 1. The van der Waals surface area contributed by atoms with E-state index in [-0.39, 0.29) is 16.4 Å². The summed E-state index contributed by atoms with van der Waals surface area (Å²) in [6.45, 7) is 9.85. The van der Waals surface area contributed by atoms with Gasteiger partial charge in [-0.05, 0) is 58.3 Å². The Balaban J connectivity index is 1.69. The molecule has 0 unspecified atom stereocenters. The molecule has 168 valence electrons. The first-order chi connectivity index (χ1) is 14.7. The molecule has 0 bridgehead atoms. The molecular weight excluding hydrogens is 384 g/mol. The number of hydrogen-bond donors (Lipinski definition) is 1. The fraction of sp³-hybridized carbons (Fsp3) is 0.727. The summed E-state index contributed by atoms with van der Waals surface area (Å²) >= 11 is 0. The maximum atomic E-state index is 11.8. The Morgan fingerprint density at radius 2 is 1.60 bits per heavy atom. The van der Waals surface area contributed by atoms with Gasteiger partial charge in [-0.15, -0.1) is 0 Å². The number of rotatable bonds is 13. The van der Waals surface area contributed by atoms with E-state index in [1.54, 1.807) is 12.1 Å². The second kappa shape index (κ2) is 12.0. The highest BCUT2D eigenvalue weighted by atomic mass is 16.6. The van der Waals surface area contributed by atoms with E-state index in [0.717, 1.165) is 52.1 Å². The number of nitrogens with one attached hydrogen (secondary N) is 1. The van der Waals surface area contributed by atoms with Crippen molar-refractivity contribution in [1.29, 1.82) is 0 Å². The molecule has 2 aliphatic heterocycles. The minimum absolute atomic E-state index is 0.000539. The lowest BCUT2D eigenvalue weighted by atomic mass is 10.2. The summed E-state index contributed by atoms with van der Waals surface area (Å²) in [6.07, 6.45) is 6.89. The lowest BCUT2D eigenvalue weighted by Gasteiger charge is -2.18. The Bertz CT molecular complexity index is 673. The third kappa shape index (κ3) is 6.74. The third-order valence-corrected chi connectivity index (χ3v) is 5.82. The molecule has 2 heterocycles. The maximum absolute atomic E-state index is 11.8. The molecule has 30 heavy (non-hydrogen) atoms. The van der Waals surface area contributed by atoms with Crippen molar-refractivity contribution in [2.24, 2.45) is 0 Å². The van der Waals surface area contributed by atoms with Gasteiger partial charge in [-0.3, -0.25) is 19.9 Å². The Morgan fingerprint density at radius 1 is 1.00 bits per heavy atom. The molecule has 0 aliphatic carbocycles. The molecule has 1 N–H and O–H groups in total. The van der Waals surface area contributed by atoms with Crippen LogP contribution in [-0.2, 0) is 0 Å². The number of anilines is 1. The van der Waals surface area contributed by atoms with E-state index >= 15 is 0 Å². The lowest BCUT2D eigenvalue weighted by Crippen LogP contribution is -2.25. The number of nitro benzene ring substituents is 1. The van der Waals surface area contributed by atoms with Crippen LogP contribution in [0.1, 0.15) is 45.4 Å². The van der Waals surface area contributed by atoms with Crippen LogP contribution in [-0.4, -0.2) is 73.8 Å². The topological polar surface area (TPSA) is 80.1 Å². The highest BCUT2D eigenvalue weighted by Crippen LogP contribution is 2.39. The SMILES string of the molecule is CCCCNc1cc(OCCN2CCCC2)cc(OCCN2CCCC2)c1[N+](=O)[O-]. The second-order valence-corrected chi connectivity index (χ2v) is 8.15. The number of likely N-dealkylation sites (tertiary alicyclic amines) is 2. The number of ether oxygens (including phenoxy) is 2. The molecule has 8 nitrogen and oxygen atoms in total. The fourth-order valence-electron chi connectivity index (χ4n) is 4.09. The van der Waals surface area contributed by atoms with Crippen LogP contribution >= 0.6 is 0 Å². The molecule has 0 radical (unpaired) electrons. The summed E-state index contributed by atoms with van der Waals surface area (Å²) in [6, 6.07) is 3.42. The molecule has 8 heteroatoms. The Morgan fingerprint density at radius 3 is 2.17 bits per heavy atom. The Labute approximate surface area is 179 Å². The van der Waals surface area contributed by atoms with Crippen LogP contribution < -0.4 is 14.8 Å². The number of benzene rings is 1. The van der Waals surface area contributed by atoms with Crippen molar-refractivity contribution in [3.05, 3.63) is 22.2 Å². The molecule has 0 saturated carbocycles. The van der Waals surface area contributed by atoms with Gasteiger partial charge in [0.15, 0.2) is 0 Å². The smallest absolute Gasteiger partial charge is 0.334 e. The molecule has 0 atom stereocenters. The van der Waals surface area contributed by atoms with Crippen molar-refractivity contribution in [2.45, 2.75) is 45.4 Å². The molecule has 0 aromatic heterocycles. The number of hydrogen-bond acceptors (Lipinski definition) is 7. The van der Waals surface area contributed by atoms with E-state index in [4.69, 9.17) is 9.47 Å². The summed E-state index contributed by atoms with van der Waals surface area (Å²) in [7, 11) is 0. The van der Waals surface area contributed by atoms with Crippen molar-refractivity contribution in [3.63, 3.8) is 0 Å². The lowest BCUT2D eigenvalue weighted by molar-refractivity contribution is -0.385. The minimum Gasteiger partial charge on any atom is -0.492 e. The first-order valence-corrected chi connectivity index (χ1v) is 11.4. The number of unbranched alkanes of at least 4 members (excludes halogenated alkanes) is 1. The van der Waals surface area contributed by atoms with E-state index in [2.05, 4.69) is 22.0 Å². The predicted octanol–water partition coefficient (Wildman–Crippen LogP) is 3.76. The van der Waals surface area contributed by atoms with Crippen LogP contribution in [0.2, 0.25) is 0 Å². The second-order valence-electron chi connectivity index (χ2n) is 8.15.